The predicted molar refractivity (Wildman–Crippen MR) is 137 cm³/mol. The van der Waals surface area contributed by atoms with Crippen molar-refractivity contribution in [1.82, 2.24) is 15.3 Å². The summed E-state index contributed by atoms with van der Waals surface area (Å²) in [4.78, 5) is 32.1. The highest BCUT2D eigenvalue weighted by Gasteiger charge is 2.22. The molecule has 0 spiro atoms. The average molecular weight is 482 g/mol. The lowest BCUT2D eigenvalue weighted by atomic mass is 10.0. The second-order valence-corrected chi connectivity index (χ2v) is 8.98. The highest BCUT2D eigenvalue weighted by Crippen LogP contribution is 2.26. The maximum atomic E-state index is 12.6. The standard InChI is InChI=1S/C25H25N3O3S.H2S/c1-15(2)16-7-9-17(10-8-16)24-27-19(14-32-24)12-23(29)28-22(25(30)31)11-18-13-26-21-6-4-3-5-20(18)21;/h3-10,13-15,22,26H,11-12H2,1-2H3,(H,28,29)(H,30,31);1H2/t22-;/m0./s1. The molecule has 0 unspecified atom stereocenters. The van der Waals surface area contributed by atoms with Gasteiger partial charge in [-0.3, -0.25) is 4.79 Å². The molecule has 4 aromatic rings. The SMILES string of the molecule is CC(C)c1ccc(-c2nc(CC(=O)N[C@@H](Cc3c[nH]c4ccccc34)C(=O)O)cs2)cc1.S. The zero-order chi connectivity index (χ0) is 22.7. The van der Waals surface area contributed by atoms with Gasteiger partial charge in [-0.05, 0) is 23.1 Å². The number of amides is 1. The lowest BCUT2D eigenvalue weighted by Gasteiger charge is -2.14. The maximum absolute atomic E-state index is 12.6. The molecule has 0 aliphatic carbocycles. The van der Waals surface area contributed by atoms with Gasteiger partial charge in [0.15, 0.2) is 0 Å². The largest absolute Gasteiger partial charge is 0.480 e. The third-order valence-corrected chi connectivity index (χ3v) is 6.39. The molecule has 3 N–H and O–H groups in total. The van der Waals surface area contributed by atoms with E-state index in [1.54, 1.807) is 6.20 Å². The number of carbonyl (C=O) groups is 2. The fourth-order valence-corrected chi connectivity index (χ4v) is 4.49. The Morgan fingerprint density at radius 3 is 2.55 bits per heavy atom. The summed E-state index contributed by atoms with van der Waals surface area (Å²) in [5, 5.41) is 15.9. The lowest BCUT2D eigenvalue weighted by Crippen LogP contribution is -2.43. The molecule has 172 valence electrons. The Morgan fingerprint density at radius 1 is 1.12 bits per heavy atom. The molecule has 33 heavy (non-hydrogen) atoms. The van der Waals surface area contributed by atoms with Crippen LogP contribution in [-0.2, 0) is 22.4 Å². The number of benzene rings is 2. The number of hydrogen-bond acceptors (Lipinski definition) is 4. The van der Waals surface area contributed by atoms with E-state index in [2.05, 4.69) is 41.3 Å². The van der Waals surface area contributed by atoms with Gasteiger partial charge in [0.25, 0.3) is 0 Å². The molecule has 0 bridgehead atoms. The predicted octanol–water partition coefficient (Wildman–Crippen LogP) is 4.88. The number of thiazole rings is 1. The second kappa shape index (κ2) is 10.7. The number of hydrogen-bond donors (Lipinski definition) is 3. The van der Waals surface area contributed by atoms with Crippen LogP contribution in [-0.4, -0.2) is 33.0 Å². The topological polar surface area (TPSA) is 95.1 Å². The second-order valence-electron chi connectivity index (χ2n) is 8.12. The normalized spacial score (nSPS) is 11.8. The van der Waals surface area contributed by atoms with E-state index in [0.29, 0.717) is 11.6 Å². The van der Waals surface area contributed by atoms with Gasteiger partial charge in [-0.25, -0.2) is 9.78 Å². The molecule has 0 saturated carbocycles. The number of aliphatic carboxylic acids is 1. The minimum absolute atomic E-state index is 0. The van der Waals surface area contributed by atoms with Gasteiger partial charge in [0.05, 0.1) is 12.1 Å². The highest BCUT2D eigenvalue weighted by molar-refractivity contribution is 7.59. The summed E-state index contributed by atoms with van der Waals surface area (Å²) in [5.74, 6) is -0.955. The van der Waals surface area contributed by atoms with Gasteiger partial charge in [-0.2, -0.15) is 13.5 Å². The minimum Gasteiger partial charge on any atom is -0.480 e. The van der Waals surface area contributed by atoms with Gasteiger partial charge in [0.1, 0.15) is 11.0 Å². The van der Waals surface area contributed by atoms with Gasteiger partial charge in [0, 0.05) is 34.5 Å². The molecule has 8 heteroatoms. The van der Waals surface area contributed by atoms with Gasteiger partial charge >= 0.3 is 5.97 Å². The summed E-state index contributed by atoms with van der Waals surface area (Å²) in [5.41, 5.74) is 4.70. The number of nitrogens with zero attached hydrogens (tertiary/aromatic N) is 1. The van der Waals surface area contributed by atoms with Crippen LogP contribution in [0.2, 0.25) is 0 Å². The summed E-state index contributed by atoms with van der Waals surface area (Å²) >= 11 is 1.48. The number of rotatable bonds is 8. The third kappa shape index (κ3) is 5.83. The van der Waals surface area contributed by atoms with Crippen molar-refractivity contribution >= 4 is 47.6 Å². The first-order valence-corrected chi connectivity index (χ1v) is 11.4. The van der Waals surface area contributed by atoms with Crippen LogP contribution in [0.1, 0.15) is 36.6 Å². The molecular formula is C25H27N3O3S2. The van der Waals surface area contributed by atoms with Crippen LogP contribution in [0.15, 0.2) is 60.1 Å². The van der Waals surface area contributed by atoms with E-state index in [0.717, 1.165) is 27.0 Å². The third-order valence-electron chi connectivity index (χ3n) is 5.45. The van der Waals surface area contributed by atoms with Crippen molar-refractivity contribution < 1.29 is 14.7 Å². The molecule has 6 nitrogen and oxygen atoms in total. The van der Waals surface area contributed by atoms with Gasteiger partial charge in [0.2, 0.25) is 5.91 Å². The van der Waals surface area contributed by atoms with Crippen LogP contribution in [0.5, 0.6) is 0 Å². The minimum atomic E-state index is -1.06. The van der Waals surface area contributed by atoms with Crippen molar-refractivity contribution in [2.45, 2.75) is 38.6 Å². The van der Waals surface area contributed by atoms with E-state index < -0.39 is 12.0 Å². The first kappa shape index (κ1) is 24.5. The Hall–Kier alpha value is -3.10. The Kier molecular flexibility index (Phi) is 7.94. The summed E-state index contributed by atoms with van der Waals surface area (Å²) in [7, 11) is 0. The van der Waals surface area contributed by atoms with Gasteiger partial charge < -0.3 is 15.4 Å². The molecular weight excluding hydrogens is 454 g/mol. The number of carboxylic acid groups (broad SMARTS) is 1. The molecule has 4 rings (SSSR count). The van der Waals surface area contributed by atoms with Crippen molar-refractivity contribution in [3.63, 3.8) is 0 Å². The smallest absolute Gasteiger partial charge is 0.326 e. The Morgan fingerprint density at radius 2 is 1.85 bits per heavy atom. The van der Waals surface area contributed by atoms with E-state index in [9.17, 15) is 14.7 Å². The van der Waals surface area contributed by atoms with Crippen molar-refractivity contribution in [3.8, 4) is 10.6 Å². The number of carboxylic acids is 1. The van der Waals surface area contributed by atoms with Crippen molar-refractivity contribution in [3.05, 3.63) is 76.9 Å². The molecule has 0 aliphatic heterocycles. The number of carbonyl (C=O) groups excluding carboxylic acids is 1. The summed E-state index contributed by atoms with van der Waals surface area (Å²) < 4.78 is 0. The van der Waals surface area contributed by atoms with E-state index in [1.165, 1.54) is 16.9 Å². The monoisotopic (exact) mass is 481 g/mol. The van der Waals surface area contributed by atoms with Crippen molar-refractivity contribution in [2.24, 2.45) is 0 Å². The van der Waals surface area contributed by atoms with Gasteiger partial charge in [-0.15, -0.1) is 11.3 Å². The maximum Gasteiger partial charge on any atom is 0.326 e. The first-order valence-electron chi connectivity index (χ1n) is 10.5. The molecule has 0 radical (unpaired) electrons. The fraction of sp³-hybridized carbons (Fsp3) is 0.240. The van der Waals surface area contributed by atoms with E-state index >= 15 is 0 Å². The molecule has 2 aromatic heterocycles. The molecule has 1 amide bonds. The molecule has 1 atom stereocenters. The van der Waals surface area contributed by atoms with Crippen molar-refractivity contribution in [2.75, 3.05) is 0 Å². The fourth-order valence-electron chi connectivity index (χ4n) is 3.66. The van der Waals surface area contributed by atoms with Crippen molar-refractivity contribution in [1.29, 1.82) is 0 Å². The number of aromatic amines is 1. The number of fused-ring (bicyclic) bond motifs is 1. The number of H-pyrrole nitrogens is 1. The molecule has 0 aliphatic rings. The van der Waals surface area contributed by atoms with E-state index in [1.807, 2.05) is 41.8 Å². The molecule has 2 aromatic carbocycles. The van der Waals surface area contributed by atoms with Crippen LogP contribution in [0.4, 0.5) is 0 Å². The quantitative estimate of drug-likeness (QED) is 0.334. The highest BCUT2D eigenvalue weighted by atomic mass is 32.1. The summed E-state index contributed by atoms with van der Waals surface area (Å²) in [6, 6.07) is 15.0. The van der Waals surface area contributed by atoms with Crippen LogP contribution >= 0.6 is 24.8 Å². The van der Waals surface area contributed by atoms with E-state index in [4.69, 9.17) is 0 Å². The number of para-hydroxylation sites is 1. The number of aromatic nitrogens is 2. The van der Waals surface area contributed by atoms with Crippen LogP contribution in [0.3, 0.4) is 0 Å². The Balaban J connectivity index is 0.00000306. The zero-order valence-electron chi connectivity index (χ0n) is 18.5. The van der Waals surface area contributed by atoms with Crippen LogP contribution in [0.25, 0.3) is 21.5 Å². The van der Waals surface area contributed by atoms with Gasteiger partial charge in [-0.1, -0.05) is 56.3 Å². The molecule has 2 heterocycles. The zero-order valence-corrected chi connectivity index (χ0v) is 20.3. The number of nitrogens with one attached hydrogen (secondary N) is 2. The summed E-state index contributed by atoms with van der Waals surface area (Å²) in [6.45, 7) is 4.30. The van der Waals surface area contributed by atoms with Crippen LogP contribution in [0, 0.1) is 0 Å². The van der Waals surface area contributed by atoms with Crippen LogP contribution < -0.4 is 5.32 Å². The molecule has 0 saturated heterocycles. The Labute approximate surface area is 203 Å². The molecule has 0 fully saturated rings. The Bertz CT molecular complexity index is 1250. The first-order chi connectivity index (χ1) is 15.4. The lowest BCUT2D eigenvalue weighted by molar-refractivity contribution is -0.141. The average Bonchev–Trinajstić information content (AvgIpc) is 3.40. The summed E-state index contributed by atoms with van der Waals surface area (Å²) in [6.07, 6.45) is 2.04. The van der Waals surface area contributed by atoms with E-state index in [-0.39, 0.29) is 32.2 Å².